The van der Waals surface area contributed by atoms with Crippen molar-refractivity contribution in [2.75, 3.05) is 57.3 Å². The van der Waals surface area contributed by atoms with Crippen LogP contribution in [0.15, 0.2) is 59.1 Å². The first-order valence-corrected chi connectivity index (χ1v) is 27.2. The zero-order valence-electron chi connectivity index (χ0n) is 43.6. The second-order valence-corrected chi connectivity index (χ2v) is 22.8. The number of benzene rings is 1. The molecule has 18 heteroatoms. The molecule has 0 unspecified atom stereocenters. The van der Waals surface area contributed by atoms with Crippen LogP contribution in [-0.4, -0.2) is 138 Å². The number of thiazole rings is 1. The molecular formula is C56H70N10O7S. The van der Waals surface area contributed by atoms with Gasteiger partial charge in [0.25, 0.3) is 5.56 Å². The van der Waals surface area contributed by atoms with E-state index in [-0.39, 0.29) is 84.8 Å². The van der Waals surface area contributed by atoms with Crippen molar-refractivity contribution in [2.24, 2.45) is 17.3 Å². The zero-order valence-corrected chi connectivity index (χ0v) is 44.5. The number of carbonyl (C=O) groups excluding carboxylic acids is 5. The summed E-state index contributed by atoms with van der Waals surface area (Å²) in [5.41, 5.74) is 7.08. The number of aliphatic hydroxyl groups is 1. The molecule has 0 radical (unpaired) electrons. The highest BCUT2D eigenvalue weighted by molar-refractivity contribution is 7.13. The summed E-state index contributed by atoms with van der Waals surface area (Å²) in [4.78, 5) is 109. The van der Waals surface area contributed by atoms with Crippen molar-refractivity contribution in [1.82, 2.24) is 44.5 Å². The van der Waals surface area contributed by atoms with Gasteiger partial charge in [-0.3, -0.25) is 43.2 Å². The van der Waals surface area contributed by atoms with Gasteiger partial charge in [-0.15, -0.1) is 11.3 Å². The average molecular weight is 1030 g/mol. The molecule has 392 valence electrons. The summed E-state index contributed by atoms with van der Waals surface area (Å²) in [6.45, 7) is 15.3. The molecule has 4 aliphatic rings. The minimum atomic E-state index is -0.842. The molecule has 4 fully saturated rings. The molecule has 1 aliphatic carbocycles. The van der Waals surface area contributed by atoms with Gasteiger partial charge in [-0.05, 0) is 93.8 Å². The Bertz CT molecular complexity index is 2950. The zero-order chi connectivity index (χ0) is 52.4. The number of hydrogen-bond acceptors (Lipinski definition) is 14. The van der Waals surface area contributed by atoms with Crippen molar-refractivity contribution in [3.05, 3.63) is 98.6 Å². The molecule has 3 atom stereocenters. The summed E-state index contributed by atoms with van der Waals surface area (Å²) in [5, 5.41) is 14.4. The van der Waals surface area contributed by atoms with E-state index in [0.29, 0.717) is 75.6 Å². The van der Waals surface area contributed by atoms with Gasteiger partial charge in [-0.1, -0.05) is 57.9 Å². The number of aliphatic hydroxyl groups excluding tert-OH is 1. The average Bonchev–Trinajstić information content (AvgIpc) is 4.17. The van der Waals surface area contributed by atoms with Crippen LogP contribution in [0.5, 0.6) is 0 Å². The number of hydrogen-bond donors (Lipinski definition) is 2. The van der Waals surface area contributed by atoms with Crippen molar-refractivity contribution < 1.29 is 29.1 Å². The molecule has 7 heterocycles. The molecule has 4 aromatic heterocycles. The number of pyridine rings is 2. The van der Waals surface area contributed by atoms with Gasteiger partial charge in [0, 0.05) is 87.3 Å². The van der Waals surface area contributed by atoms with E-state index in [9.17, 15) is 33.9 Å². The number of piperazine rings is 1. The Hall–Kier alpha value is -6.24. The summed E-state index contributed by atoms with van der Waals surface area (Å²) in [7, 11) is 0. The van der Waals surface area contributed by atoms with Gasteiger partial charge in [0.05, 0.1) is 52.6 Å². The lowest BCUT2D eigenvalue weighted by atomic mass is 9.74. The van der Waals surface area contributed by atoms with Crippen LogP contribution < -0.4 is 15.8 Å². The number of amides is 3. The minimum absolute atomic E-state index is 0.00638. The van der Waals surface area contributed by atoms with Gasteiger partial charge in [0.1, 0.15) is 23.3 Å². The van der Waals surface area contributed by atoms with Crippen LogP contribution in [0.1, 0.15) is 124 Å². The van der Waals surface area contributed by atoms with Crippen LogP contribution in [0.4, 0.5) is 5.69 Å². The Labute approximate surface area is 436 Å². The van der Waals surface area contributed by atoms with Crippen LogP contribution in [0.25, 0.3) is 21.5 Å². The summed E-state index contributed by atoms with van der Waals surface area (Å²) in [6, 6.07) is 11.1. The molecule has 5 aromatic rings. The Morgan fingerprint density at radius 2 is 1.59 bits per heavy atom. The van der Waals surface area contributed by atoms with E-state index in [0.717, 1.165) is 64.1 Å². The number of anilines is 1. The number of ketones is 2. The summed E-state index contributed by atoms with van der Waals surface area (Å²) >= 11 is 1.58. The van der Waals surface area contributed by atoms with E-state index in [1.54, 1.807) is 29.0 Å². The lowest BCUT2D eigenvalue weighted by Gasteiger charge is -2.38. The maximum absolute atomic E-state index is 14.3. The molecule has 0 bridgehead atoms. The van der Waals surface area contributed by atoms with E-state index >= 15 is 0 Å². The molecule has 0 spiro atoms. The Morgan fingerprint density at radius 3 is 2.23 bits per heavy atom. The van der Waals surface area contributed by atoms with Crippen molar-refractivity contribution >= 4 is 57.3 Å². The van der Waals surface area contributed by atoms with Crippen molar-refractivity contribution in [1.29, 1.82) is 0 Å². The molecule has 1 saturated carbocycles. The summed E-state index contributed by atoms with van der Waals surface area (Å²) < 4.78 is 1.73. The Kier molecular flexibility index (Phi) is 15.9. The summed E-state index contributed by atoms with van der Waals surface area (Å²) in [5.74, 6) is -1.13. The van der Waals surface area contributed by atoms with Crippen LogP contribution >= 0.6 is 11.3 Å². The fraction of sp³-hybridized carbons (Fsp3) is 0.536. The maximum atomic E-state index is 14.3. The molecule has 1 aromatic carbocycles. The van der Waals surface area contributed by atoms with Crippen molar-refractivity contribution in [3.8, 4) is 10.4 Å². The number of rotatable bonds is 15. The smallest absolute Gasteiger partial charge is 0.263 e. The van der Waals surface area contributed by atoms with E-state index in [1.807, 2.05) is 80.7 Å². The number of carbonyl (C=O) groups is 5. The van der Waals surface area contributed by atoms with E-state index < -0.39 is 23.5 Å². The fourth-order valence-corrected chi connectivity index (χ4v) is 12.3. The third kappa shape index (κ3) is 11.5. The van der Waals surface area contributed by atoms with Crippen LogP contribution in [0.3, 0.4) is 0 Å². The second-order valence-electron chi connectivity index (χ2n) is 22.0. The number of likely N-dealkylation sites (tertiary alicyclic amines) is 2. The standard InChI is InChI=1S/C56H70N10O7S/c1-34-44-30-58-48(61-52(44)66(41-9-7-8-10-41)55(73)50(34)36(3)67)25-40-15-16-42(29-57-40)63-21-23-64(24-22-63)49(70)32-62-19-17-38(18-20-62)47(69)27-45(56(4,5)6)54(72)65-31-43(68)26-46(65)53(71)59-28-37-11-13-39(14-12-37)51-35(2)60-33-74-51/h11-16,29-30,33,38,41,43,45-46,68H,7-10,17-28,31-32H2,1-6H3,(H,59,71)/t43-,45-,46+/m1/s1. The van der Waals surface area contributed by atoms with E-state index in [1.165, 1.54) is 11.8 Å². The molecule has 2 N–H and O–H groups in total. The third-order valence-electron chi connectivity index (χ3n) is 15.9. The number of nitrogens with one attached hydrogen (secondary N) is 1. The van der Waals surface area contributed by atoms with Crippen LogP contribution in [-0.2, 0) is 32.1 Å². The quantitative estimate of drug-likeness (QED) is 0.114. The monoisotopic (exact) mass is 1030 g/mol. The molecule has 3 amide bonds. The minimum Gasteiger partial charge on any atom is -0.391 e. The van der Waals surface area contributed by atoms with Crippen LogP contribution in [0, 0.1) is 31.1 Å². The van der Waals surface area contributed by atoms with Gasteiger partial charge in [0.15, 0.2) is 5.78 Å². The molecule has 9 rings (SSSR count). The topological polar surface area (TPSA) is 204 Å². The van der Waals surface area contributed by atoms with Gasteiger partial charge in [-0.25, -0.2) is 15.0 Å². The van der Waals surface area contributed by atoms with Crippen molar-refractivity contribution in [2.45, 2.75) is 124 Å². The third-order valence-corrected chi connectivity index (χ3v) is 16.9. The van der Waals surface area contributed by atoms with E-state index in [2.05, 4.69) is 25.1 Å². The normalized spacial score (nSPS) is 19.6. The van der Waals surface area contributed by atoms with Gasteiger partial charge < -0.3 is 25.1 Å². The number of Topliss-reactive ketones (excluding diaryl/α,β-unsaturated/α-hetero) is 2. The highest BCUT2D eigenvalue weighted by Crippen LogP contribution is 2.36. The summed E-state index contributed by atoms with van der Waals surface area (Å²) in [6.07, 6.45) is 8.32. The number of piperidine rings is 1. The van der Waals surface area contributed by atoms with Gasteiger partial charge in [0.2, 0.25) is 17.7 Å². The highest BCUT2D eigenvalue weighted by atomic mass is 32.1. The number of fused-ring (bicyclic) bond motifs is 1. The SMILES string of the molecule is CC(=O)c1c(C)c2cnc(Cc3ccc(N4CCN(C(=O)CN5CCC(C(=O)C[C@H](C(=O)N6C[C@H](O)C[C@H]6C(=O)NCc6ccc(-c7scnc7C)cc6)C(C)(C)C)CC5)CC4)cn3)nc2n(C2CCCC2)c1=O. The second kappa shape index (κ2) is 22.3. The molecule has 3 saturated heterocycles. The highest BCUT2D eigenvalue weighted by Gasteiger charge is 2.45. The first-order chi connectivity index (χ1) is 35.4. The number of nitrogens with zero attached hydrogens (tertiary/aromatic N) is 9. The van der Waals surface area contributed by atoms with Crippen molar-refractivity contribution in [3.63, 3.8) is 0 Å². The van der Waals surface area contributed by atoms with Gasteiger partial charge in [-0.2, -0.15) is 0 Å². The number of aryl methyl sites for hydroxylation is 2. The van der Waals surface area contributed by atoms with Crippen LogP contribution in [0.2, 0.25) is 0 Å². The molecule has 3 aliphatic heterocycles. The molecule has 74 heavy (non-hydrogen) atoms. The lowest BCUT2D eigenvalue weighted by molar-refractivity contribution is -0.147. The first-order valence-electron chi connectivity index (χ1n) is 26.3. The maximum Gasteiger partial charge on any atom is 0.263 e. The largest absolute Gasteiger partial charge is 0.391 e. The first kappa shape index (κ1) is 52.6. The molecule has 17 nitrogen and oxygen atoms in total. The van der Waals surface area contributed by atoms with E-state index in [4.69, 9.17) is 9.97 Å². The Balaban J connectivity index is 0.731. The predicted octanol–water partition coefficient (Wildman–Crippen LogP) is 6.10. The lowest BCUT2D eigenvalue weighted by Crippen LogP contribution is -2.52. The number of β-amino-alcohol motifs (C(OH)–C–C–N with tert-alkyl or cyclic N) is 1. The number of aromatic nitrogens is 5. The Morgan fingerprint density at radius 1 is 0.878 bits per heavy atom. The van der Waals surface area contributed by atoms with Gasteiger partial charge >= 0.3 is 0 Å². The predicted molar refractivity (Wildman–Crippen MR) is 284 cm³/mol. The molecular weight excluding hydrogens is 957 g/mol. The fourth-order valence-electron chi connectivity index (χ4n) is 11.5.